The van der Waals surface area contributed by atoms with Crippen LogP contribution < -0.4 is 14.8 Å². The molecule has 0 saturated heterocycles. The zero-order valence-corrected chi connectivity index (χ0v) is 13.1. The molecule has 0 fully saturated rings. The van der Waals surface area contributed by atoms with Gasteiger partial charge in [0.15, 0.2) is 11.5 Å². The lowest BCUT2D eigenvalue weighted by atomic mass is 10.2. The number of hydrogen-bond donors (Lipinski definition) is 1. The lowest BCUT2D eigenvalue weighted by Crippen LogP contribution is -2.24. The Hall–Kier alpha value is -2.08. The van der Waals surface area contributed by atoms with Crippen LogP contribution in [0.1, 0.15) is 23.8 Å². The van der Waals surface area contributed by atoms with Crippen LogP contribution in [0, 0.1) is 0 Å². The molecule has 1 aromatic carbocycles. The van der Waals surface area contributed by atoms with Crippen molar-refractivity contribution in [1.29, 1.82) is 0 Å². The van der Waals surface area contributed by atoms with Crippen LogP contribution in [0.25, 0.3) is 10.6 Å². The maximum atomic E-state index is 11.9. The number of carbonyl (C=O) groups is 1. The van der Waals surface area contributed by atoms with E-state index in [1.54, 1.807) is 19.6 Å². The van der Waals surface area contributed by atoms with Crippen molar-refractivity contribution in [2.75, 3.05) is 20.8 Å². The number of methoxy groups -OCH3 is 2. The van der Waals surface area contributed by atoms with Crippen molar-refractivity contribution in [2.24, 2.45) is 0 Å². The molecule has 21 heavy (non-hydrogen) atoms. The van der Waals surface area contributed by atoms with Crippen molar-refractivity contribution < 1.29 is 14.3 Å². The van der Waals surface area contributed by atoms with Crippen LogP contribution in [-0.2, 0) is 0 Å². The summed E-state index contributed by atoms with van der Waals surface area (Å²) in [5, 5.41) is 5.35. The molecule has 1 amide bonds. The summed E-state index contributed by atoms with van der Waals surface area (Å²) < 4.78 is 10.5. The minimum absolute atomic E-state index is 0.139. The Bertz CT molecular complexity index is 625. The molecular formula is C15H18N2O3S. The Labute approximate surface area is 127 Å². The fourth-order valence-electron chi connectivity index (χ4n) is 1.81. The zero-order chi connectivity index (χ0) is 15.2. The van der Waals surface area contributed by atoms with Crippen LogP contribution in [0.5, 0.6) is 11.5 Å². The van der Waals surface area contributed by atoms with E-state index in [4.69, 9.17) is 9.47 Å². The Balaban J connectivity index is 2.23. The maximum absolute atomic E-state index is 11.9. The molecule has 0 atom stereocenters. The molecule has 1 heterocycles. The third-order valence-electron chi connectivity index (χ3n) is 2.90. The van der Waals surface area contributed by atoms with E-state index in [2.05, 4.69) is 10.3 Å². The average Bonchev–Trinajstić information content (AvgIpc) is 3.01. The number of benzene rings is 1. The molecule has 2 rings (SSSR count). The first-order chi connectivity index (χ1) is 10.2. The van der Waals surface area contributed by atoms with Crippen molar-refractivity contribution in [1.82, 2.24) is 10.3 Å². The largest absolute Gasteiger partial charge is 0.493 e. The SMILES string of the molecule is CCCNC(=O)c1csc(-c2ccc(OC)c(OC)c2)n1. The number of carbonyl (C=O) groups excluding carboxylic acids is 1. The van der Waals surface area contributed by atoms with Crippen molar-refractivity contribution in [3.8, 4) is 22.1 Å². The van der Waals surface area contributed by atoms with E-state index in [0.29, 0.717) is 23.7 Å². The summed E-state index contributed by atoms with van der Waals surface area (Å²) in [6, 6.07) is 5.58. The van der Waals surface area contributed by atoms with Gasteiger partial charge in [-0.15, -0.1) is 11.3 Å². The number of nitrogens with one attached hydrogen (secondary N) is 1. The first-order valence-corrected chi connectivity index (χ1v) is 7.53. The number of thiazole rings is 1. The highest BCUT2D eigenvalue weighted by Gasteiger charge is 2.13. The standard InChI is InChI=1S/C15H18N2O3S/c1-4-7-16-14(18)11-9-21-15(17-11)10-5-6-12(19-2)13(8-10)20-3/h5-6,8-9H,4,7H2,1-3H3,(H,16,18). The van der Waals surface area contributed by atoms with E-state index >= 15 is 0 Å². The zero-order valence-electron chi connectivity index (χ0n) is 12.3. The normalized spacial score (nSPS) is 10.2. The predicted molar refractivity (Wildman–Crippen MR) is 83.3 cm³/mol. The number of amides is 1. The molecular weight excluding hydrogens is 288 g/mol. The molecule has 5 nitrogen and oxygen atoms in total. The van der Waals surface area contributed by atoms with Crippen LogP contribution in [0.4, 0.5) is 0 Å². The van der Waals surface area contributed by atoms with Gasteiger partial charge in [0.2, 0.25) is 0 Å². The van der Waals surface area contributed by atoms with Crippen LogP contribution in [-0.4, -0.2) is 31.7 Å². The van der Waals surface area contributed by atoms with Gasteiger partial charge in [0.1, 0.15) is 10.7 Å². The first kappa shape index (κ1) is 15.3. The summed E-state index contributed by atoms with van der Waals surface area (Å²) in [5.74, 6) is 1.17. The van der Waals surface area contributed by atoms with Crippen LogP contribution in [0.3, 0.4) is 0 Å². The van der Waals surface area contributed by atoms with E-state index in [1.807, 2.05) is 25.1 Å². The molecule has 0 radical (unpaired) electrons. The second-order valence-corrected chi connectivity index (χ2v) is 5.22. The summed E-state index contributed by atoms with van der Waals surface area (Å²) in [7, 11) is 3.18. The van der Waals surface area contributed by atoms with Gasteiger partial charge in [0.05, 0.1) is 14.2 Å². The van der Waals surface area contributed by atoms with E-state index in [1.165, 1.54) is 11.3 Å². The molecule has 2 aromatic rings. The summed E-state index contributed by atoms with van der Waals surface area (Å²) in [5.41, 5.74) is 1.34. The first-order valence-electron chi connectivity index (χ1n) is 6.65. The monoisotopic (exact) mass is 306 g/mol. The summed E-state index contributed by atoms with van der Waals surface area (Å²) in [6.07, 6.45) is 0.901. The molecule has 0 aliphatic carbocycles. The quantitative estimate of drug-likeness (QED) is 0.891. The fourth-order valence-corrected chi connectivity index (χ4v) is 2.61. The molecule has 0 saturated carbocycles. The number of ether oxygens (including phenoxy) is 2. The van der Waals surface area contributed by atoms with Gasteiger partial charge in [0, 0.05) is 17.5 Å². The van der Waals surface area contributed by atoms with Gasteiger partial charge in [-0.25, -0.2) is 4.98 Å². The Morgan fingerprint density at radius 1 is 1.29 bits per heavy atom. The Morgan fingerprint density at radius 2 is 2.05 bits per heavy atom. The molecule has 112 valence electrons. The molecule has 1 aromatic heterocycles. The molecule has 6 heteroatoms. The van der Waals surface area contributed by atoms with Crippen molar-refractivity contribution in [2.45, 2.75) is 13.3 Å². The van der Waals surface area contributed by atoms with E-state index < -0.39 is 0 Å². The lowest BCUT2D eigenvalue weighted by Gasteiger charge is -2.08. The van der Waals surface area contributed by atoms with Gasteiger partial charge >= 0.3 is 0 Å². The van der Waals surface area contributed by atoms with Crippen LogP contribution >= 0.6 is 11.3 Å². The van der Waals surface area contributed by atoms with Crippen molar-refractivity contribution in [3.63, 3.8) is 0 Å². The molecule has 0 aliphatic rings. The second kappa shape index (κ2) is 7.08. The highest BCUT2D eigenvalue weighted by atomic mass is 32.1. The number of rotatable bonds is 6. The topological polar surface area (TPSA) is 60.5 Å². The third-order valence-corrected chi connectivity index (χ3v) is 3.79. The lowest BCUT2D eigenvalue weighted by molar-refractivity contribution is 0.0949. The van der Waals surface area contributed by atoms with Gasteiger partial charge in [0.25, 0.3) is 5.91 Å². The molecule has 0 unspecified atom stereocenters. The van der Waals surface area contributed by atoms with E-state index in [0.717, 1.165) is 17.0 Å². The molecule has 0 bridgehead atoms. The number of aromatic nitrogens is 1. The van der Waals surface area contributed by atoms with Gasteiger partial charge < -0.3 is 14.8 Å². The Morgan fingerprint density at radius 3 is 2.71 bits per heavy atom. The smallest absolute Gasteiger partial charge is 0.270 e. The summed E-state index contributed by atoms with van der Waals surface area (Å²) >= 11 is 1.43. The number of hydrogen-bond acceptors (Lipinski definition) is 5. The third kappa shape index (κ3) is 3.52. The van der Waals surface area contributed by atoms with Crippen LogP contribution in [0.15, 0.2) is 23.6 Å². The highest BCUT2D eigenvalue weighted by Crippen LogP contribution is 2.33. The minimum Gasteiger partial charge on any atom is -0.493 e. The highest BCUT2D eigenvalue weighted by molar-refractivity contribution is 7.13. The summed E-state index contributed by atoms with van der Waals surface area (Å²) in [6.45, 7) is 2.67. The van der Waals surface area contributed by atoms with Gasteiger partial charge in [-0.3, -0.25) is 4.79 Å². The van der Waals surface area contributed by atoms with Gasteiger partial charge in [-0.2, -0.15) is 0 Å². The van der Waals surface area contributed by atoms with E-state index in [-0.39, 0.29) is 5.91 Å². The average molecular weight is 306 g/mol. The Kier molecular flexibility index (Phi) is 5.16. The molecule has 0 spiro atoms. The van der Waals surface area contributed by atoms with Gasteiger partial charge in [-0.05, 0) is 24.6 Å². The summed E-state index contributed by atoms with van der Waals surface area (Å²) in [4.78, 5) is 16.2. The molecule has 1 N–H and O–H groups in total. The van der Waals surface area contributed by atoms with E-state index in [9.17, 15) is 4.79 Å². The predicted octanol–water partition coefficient (Wildman–Crippen LogP) is 2.97. The van der Waals surface area contributed by atoms with Crippen molar-refractivity contribution >= 4 is 17.2 Å². The second-order valence-electron chi connectivity index (χ2n) is 4.36. The van der Waals surface area contributed by atoms with Gasteiger partial charge in [-0.1, -0.05) is 6.92 Å². The minimum atomic E-state index is -0.139. The molecule has 0 aliphatic heterocycles. The maximum Gasteiger partial charge on any atom is 0.270 e. The van der Waals surface area contributed by atoms with Crippen molar-refractivity contribution in [3.05, 3.63) is 29.3 Å². The number of nitrogens with zero attached hydrogens (tertiary/aromatic N) is 1. The fraction of sp³-hybridized carbons (Fsp3) is 0.333. The van der Waals surface area contributed by atoms with Crippen LogP contribution in [0.2, 0.25) is 0 Å².